The molecule has 1 aromatic carbocycles. The minimum atomic E-state index is -4.39. The van der Waals surface area contributed by atoms with Crippen LogP contribution in [0, 0.1) is 5.92 Å². The number of rotatable bonds is 5. The highest BCUT2D eigenvalue weighted by Crippen LogP contribution is 2.29. The number of hydrogen-bond donors (Lipinski definition) is 0. The van der Waals surface area contributed by atoms with Crippen molar-refractivity contribution >= 4 is 17.6 Å². The molecule has 0 saturated carbocycles. The number of ether oxygens (including phenoxy) is 1. The van der Waals surface area contributed by atoms with Gasteiger partial charge in [-0.3, -0.25) is 14.5 Å². The number of piperidine rings is 1. The summed E-state index contributed by atoms with van der Waals surface area (Å²) in [6.45, 7) is 0.721. The monoisotopic (exact) mass is 393 g/mol. The molecule has 5 nitrogen and oxygen atoms in total. The van der Waals surface area contributed by atoms with Crippen molar-refractivity contribution in [1.29, 1.82) is 0 Å². The van der Waals surface area contributed by atoms with E-state index < -0.39 is 17.7 Å². The number of hydrogen-bond acceptors (Lipinski definition) is 4. The van der Waals surface area contributed by atoms with Crippen LogP contribution in [0.15, 0.2) is 48.7 Å². The third-order valence-electron chi connectivity index (χ3n) is 4.73. The molecule has 1 aromatic heterocycles. The first-order chi connectivity index (χ1) is 13.3. The van der Waals surface area contributed by atoms with E-state index in [0.29, 0.717) is 37.3 Å². The van der Waals surface area contributed by atoms with Crippen LogP contribution in [0.4, 0.5) is 19.0 Å². The van der Waals surface area contributed by atoms with Crippen LogP contribution in [0.1, 0.15) is 28.8 Å². The van der Waals surface area contributed by atoms with Gasteiger partial charge in [0.05, 0.1) is 24.6 Å². The van der Waals surface area contributed by atoms with Crippen LogP contribution in [0.3, 0.4) is 0 Å². The van der Waals surface area contributed by atoms with Gasteiger partial charge in [-0.1, -0.05) is 30.3 Å². The number of H-pyrrole nitrogens is 1. The highest BCUT2D eigenvalue weighted by atomic mass is 19.4. The van der Waals surface area contributed by atoms with Gasteiger partial charge < -0.3 is 4.74 Å². The fourth-order valence-electron chi connectivity index (χ4n) is 3.11. The summed E-state index contributed by atoms with van der Waals surface area (Å²) in [5.74, 6) is -0.431. The van der Waals surface area contributed by atoms with E-state index in [4.69, 9.17) is 4.74 Å². The van der Waals surface area contributed by atoms with E-state index in [1.165, 1.54) is 6.07 Å². The van der Waals surface area contributed by atoms with Gasteiger partial charge in [0.1, 0.15) is 6.20 Å². The molecular weight excluding hydrogens is 373 g/mol. The Morgan fingerprint density at radius 1 is 1.07 bits per heavy atom. The summed E-state index contributed by atoms with van der Waals surface area (Å²) >= 11 is 0. The first-order valence-electron chi connectivity index (χ1n) is 8.93. The zero-order valence-corrected chi connectivity index (χ0v) is 15.0. The van der Waals surface area contributed by atoms with Crippen molar-refractivity contribution in [2.75, 3.05) is 24.6 Å². The van der Waals surface area contributed by atoms with Crippen LogP contribution >= 0.6 is 0 Å². The number of Topliss-reactive ketones (excluding diaryl/α,β-unsaturated/α-hetero) is 1. The second-order valence-electron chi connectivity index (χ2n) is 6.62. The van der Waals surface area contributed by atoms with Gasteiger partial charge in [-0.05, 0) is 18.9 Å². The Kier molecular flexibility index (Phi) is 5.96. The Bertz CT molecular complexity index is 815. The first-order valence-corrected chi connectivity index (χ1v) is 8.93. The Balaban J connectivity index is 1.48. The fourth-order valence-corrected chi connectivity index (χ4v) is 3.11. The van der Waals surface area contributed by atoms with E-state index >= 15 is 0 Å². The van der Waals surface area contributed by atoms with Crippen molar-refractivity contribution in [2.24, 2.45) is 5.92 Å². The number of halogens is 3. The summed E-state index contributed by atoms with van der Waals surface area (Å²) in [6.07, 6.45) is -2.44. The van der Waals surface area contributed by atoms with Gasteiger partial charge in [0.15, 0.2) is 12.4 Å². The lowest BCUT2D eigenvalue weighted by atomic mass is 9.97. The molecule has 0 spiro atoms. The maximum absolute atomic E-state index is 12.6. The third kappa shape index (κ3) is 4.88. The molecule has 148 valence electrons. The van der Waals surface area contributed by atoms with E-state index in [1.807, 2.05) is 4.90 Å². The van der Waals surface area contributed by atoms with Crippen LogP contribution < -0.4 is 9.88 Å². The molecule has 0 bridgehead atoms. The lowest BCUT2D eigenvalue weighted by Gasteiger charge is -2.26. The number of nitrogens with one attached hydrogen (secondary N) is 1. The molecule has 0 radical (unpaired) electrons. The number of benzene rings is 1. The summed E-state index contributed by atoms with van der Waals surface area (Å²) in [5, 5.41) is 0. The molecule has 1 fully saturated rings. The Hall–Kier alpha value is -2.90. The molecule has 3 rings (SSSR count). The molecule has 0 amide bonds. The SMILES string of the molecule is O=C(COC(=O)C1CCN(c2ccc(C(F)(F)F)c[nH+]2)CC1)c1ccccc1. The first kappa shape index (κ1) is 19.9. The second-order valence-corrected chi connectivity index (χ2v) is 6.62. The Morgan fingerprint density at radius 2 is 1.75 bits per heavy atom. The molecule has 1 saturated heterocycles. The predicted octanol–water partition coefficient (Wildman–Crippen LogP) is 3.16. The molecular formula is C20H20F3N2O3+. The maximum Gasteiger partial charge on any atom is 0.419 e. The topological polar surface area (TPSA) is 60.8 Å². The molecule has 28 heavy (non-hydrogen) atoms. The quantitative estimate of drug-likeness (QED) is 0.578. The molecule has 0 atom stereocenters. The lowest BCUT2D eigenvalue weighted by molar-refractivity contribution is -0.367. The van der Waals surface area contributed by atoms with Crippen molar-refractivity contribution in [1.82, 2.24) is 0 Å². The number of esters is 1. The number of carbonyl (C=O) groups excluding carboxylic acids is 2. The van der Waals surface area contributed by atoms with Crippen LogP contribution in [0.5, 0.6) is 0 Å². The van der Waals surface area contributed by atoms with Gasteiger partial charge in [0, 0.05) is 11.6 Å². The van der Waals surface area contributed by atoms with Gasteiger partial charge in [-0.2, -0.15) is 13.2 Å². The zero-order chi connectivity index (χ0) is 20.1. The summed E-state index contributed by atoms with van der Waals surface area (Å²) in [5.41, 5.74) is -0.249. The average Bonchev–Trinajstić information content (AvgIpc) is 2.72. The van der Waals surface area contributed by atoms with Crippen molar-refractivity contribution in [3.8, 4) is 0 Å². The van der Waals surface area contributed by atoms with E-state index in [-0.39, 0.29) is 18.3 Å². The molecule has 1 aliphatic rings. The number of carbonyl (C=O) groups is 2. The van der Waals surface area contributed by atoms with Gasteiger partial charge in [-0.15, -0.1) is 0 Å². The molecule has 8 heteroatoms. The summed E-state index contributed by atoms with van der Waals surface area (Å²) < 4.78 is 43.0. The number of pyridine rings is 1. The van der Waals surface area contributed by atoms with E-state index in [1.54, 1.807) is 30.3 Å². The largest absolute Gasteiger partial charge is 0.457 e. The standard InChI is InChI=1S/C20H19F3N2O3/c21-20(22,23)16-6-7-18(24-12-16)25-10-8-15(9-11-25)19(27)28-13-17(26)14-4-2-1-3-5-14/h1-7,12,15H,8-11,13H2/p+1. The molecule has 2 heterocycles. The van der Waals surface area contributed by atoms with E-state index in [2.05, 4.69) is 4.98 Å². The van der Waals surface area contributed by atoms with Gasteiger partial charge >= 0.3 is 12.1 Å². The van der Waals surface area contributed by atoms with Crippen molar-refractivity contribution in [2.45, 2.75) is 19.0 Å². The van der Waals surface area contributed by atoms with Crippen LogP contribution in [0.2, 0.25) is 0 Å². The number of aromatic nitrogens is 1. The lowest BCUT2D eigenvalue weighted by Crippen LogP contribution is -2.39. The van der Waals surface area contributed by atoms with E-state index in [0.717, 1.165) is 12.3 Å². The normalized spacial score (nSPS) is 15.3. The number of alkyl halides is 3. The van der Waals surface area contributed by atoms with Crippen molar-refractivity contribution in [3.63, 3.8) is 0 Å². The highest BCUT2D eigenvalue weighted by Gasteiger charge is 2.34. The molecule has 1 aliphatic heterocycles. The molecule has 2 aromatic rings. The number of anilines is 1. The molecule has 1 N–H and O–H groups in total. The smallest absolute Gasteiger partial charge is 0.419 e. The maximum atomic E-state index is 12.6. The Morgan fingerprint density at radius 3 is 2.32 bits per heavy atom. The minimum absolute atomic E-state index is 0.259. The fraction of sp³-hybridized carbons (Fsp3) is 0.350. The van der Waals surface area contributed by atoms with Crippen LogP contribution in [-0.2, 0) is 15.7 Å². The van der Waals surface area contributed by atoms with E-state index in [9.17, 15) is 22.8 Å². The minimum Gasteiger partial charge on any atom is -0.457 e. The van der Waals surface area contributed by atoms with Crippen LogP contribution in [-0.4, -0.2) is 31.4 Å². The van der Waals surface area contributed by atoms with Crippen LogP contribution in [0.25, 0.3) is 0 Å². The average molecular weight is 393 g/mol. The summed E-state index contributed by atoms with van der Waals surface area (Å²) in [6, 6.07) is 11.0. The number of aromatic amines is 1. The number of nitrogens with zero attached hydrogens (tertiary/aromatic N) is 1. The van der Waals surface area contributed by atoms with Crippen molar-refractivity contribution < 1.29 is 32.5 Å². The molecule has 0 unspecified atom stereocenters. The highest BCUT2D eigenvalue weighted by molar-refractivity contribution is 5.97. The van der Waals surface area contributed by atoms with Gasteiger partial charge in [-0.25, -0.2) is 4.98 Å². The van der Waals surface area contributed by atoms with Gasteiger partial charge in [0.2, 0.25) is 0 Å². The van der Waals surface area contributed by atoms with Gasteiger partial charge in [0.25, 0.3) is 5.82 Å². The zero-order valence-electron chi connectivity index (χ0n) is 15.0. The Labute approximate surface area is 160 Å². The van der Waals surface area contributed by atoms with Crippen molar-refractivity contribution in [3.05, 3.63) is 59.8 Å². The third-order valence-corrected chi connectivity index (χ3v) is 4.73. The summed E-state index contributed by atoms with van der Waals surface area (Å²) in [7, 11) is 0. The number of ketones is 1. The predicted molar refractivity (Wildman–Crippen MR) is 94.7 cm³/mol. The second kappa shape index (κ2) is 8.41. The summed E-state index contributed by atoms with van der Waals surface area (Å²) in [4.78, 5) is 28.8. The molecule has 0 aliphatic carbocycles.